The molecule has 1 aliphatic carbocycles. The summed E-state index contributed by atoms with van der Waals surface area (Å²) < 4.78 is 0. The molecular formula is C14H16N2O2. The van der Waals surface area contributed by atoms with Crippen molar-refractivity contribution in [3.8, 4) is 0 Å². The molecule has 1 fully saturated rings. The van der Waals surface area contributed by atoms with Gasteiger partial charge < -0.3 is 10.2 Å². The minimum atomic E-state index is -0.0355. The standard InChI is InChI=1S/C14H16N2O2/c1-16-12-5-4-10(6-11(12)7-13(16)17)14(18)15-8-9-2-3-9/h4-6,9H,2-3,7-8H2,1H3,(H,15,18). The first-order chi connectivity index (χ1) is 8.65. The number of carbonyl (C=O) groups is 2. The number of benzene rings is 1. The highest BCUT2D eigenvalue weighted by Crippen LogP contribution is 2.29. The third kappa shape index (κ3) is 1.98. The van der Waals surface area contributed by atoms with Crippen molar-refractivity contribution in [1.29, 1.82) is 0 Å². The Labute approximate surface area is 106 Å². The zero-order chi connectivity index (χ0) is 12.7. The van der Waals surface area contributed by atoms with Crippen LogP contribution in [0.2, 0.25) is 0 Å². The minimum absolute atomic E-state index is 0.0355. The van der Waals surface area contributed by atoms with Gasteiger partial charge >= 0.3 is 0 Å². The van der Waals surface area contributed by atoms with E-state index in [1.54, 1.807) is 18.0 Å². The van der Waals surface area contributed by atoms with E-state index in [-0.39, 0.29) is 11.8 Å². The first-order valence-corrected chi connectivity index (χ1v) is 6.33. The van der Waals surface area contributed by atoms with Gasteiger partial charge in [-0.2, -0.15) is 0 Å². The maximum atomic E-state index is 11.9. The molecule has 2 amide bonds. The molecule has 1 saturated carbocycles. The molecule has 1 N–H and O–H groups in total. The fraction of sp³-hybridized carbons (Fsp3) is 0.429. The maximum absolute atomic E-state index is 11.9. The molecule has 0 spiro atoms. The summed E-state index contributed by atoms with van der Waals surface area (Å²) in [6, 6.07) is 5.47. The van der Waals surface area contributed by atoms with Crippen LogP contribution in [0.25, 0.3) is 0 Å². The summed E-state index contributed by atoms with van der Waals surface area (Å²) in [6.45, 7) is 0.773. The van der Waals surface area contributed by atoms with Crippen LogP contribution in [0, 0.1) is 5.92 Å². The summed E-state index contributed by atoms with van der Waals surface area (Å²) in [5.41, 5.74) is 2.51. The van der Waals surface area contributed by atoms with Gasteiger partial charge in [0.15, 0.2) is 0 Å². The van der Waals surface area contributed by atoms with Gasteiger partial charge in [0.05, 0.1) is 6.42 Å². The van der Waals surface area contributed by atoms with E-state index < -0.39 is 0 Å². The number of carbonyl (C=O) groups excluding carboxylic acids is 2. The second kappa shape index (κ2) is 4.12. The van der Waals surface area contributed by atoms with Crippen LogP contribution in [0.15, 0.2) is 18.2 Å². The van der Waals surface area contributed by atoms with E-state index in [0.29, 0.717) is 17.9 Å². The van der Waals surface area contributed by atoms with Crippen molar-refractivity contribution in [2.45, 2.75) is 19.3 Å². The lowest BCUT2D eigenvalue weighted by Gasteiger charge is -2.10. The minimum Gasteiger partial charge on any atom is -0.352 e. The quantitative estimate of drug-likeness (QED) is 0.872. The molecule has 1 heterocycles. The summed E-state index contributed by atoms with van der Waals surface area (Å²) in [5, 5.41) is 2.94. The molecule has 1 aromatic rings. The summed E-state index contributed by atoms with van der Waals surface area (Å²) in [6.07, 6.45) is 2.85. The van der Waals surface area contributed by atoms with E-state index in [0.717, 1.165) is 17.8 Å². The van der Waals surface area contributed by atoms with E-state index in [2.05, 4.69) is 5.32 Å². The first kappa shape index (κ1) is 11.3. The molecule has 2 aliphatic rings. The lowest BCUT2D eigenvalue weighted by molar-refractivity contribution is -0.117. The number of anilines is 1. The Balaban J connectivity index is 1.76. The Kier molecular flexibility index (Phi) is 2.58. The van der Waals surface area contributed by atoms with Gasteiger partial charge in [0.1, 0.15) is 0 Å². The predicted octanol–water partition coefficient (Wildman–Crippen LogP) is 1.35. The highest BCUT2D eigenvalue weighted by atomic mass is 16.2. The van der Waals surface area contributed by atoms with Crippen LogP contribution in [-0.2, 0) is 11.2 Å². The number of amides is 2. The number of hydrogen-bond acceptors (Lipinski definition) is 2. The number of nitrogens with zero attached hydrogens (tertiary/aromatic N) is 1. The number of hydrogen-bond donors (Lipinski definition) is 1. The molecule has 3 rings (SSSR count). The van der Waals surface area contributed by atoms with Crippen LogP contribution in [0.3, 0.4) is 0 Å². The second-order valence-corrected chi connectivity index (χ2v) is 5.13. The Hall–Kier alpha value is -1.84. The average Bonchev–Trinajstić information content (AvgIpc) is 3.14. The number of rotatable bonds is 3. The van der Waals surface area contributed by atoms with Crippen molar-refractivity contribution < 1.29 is 9.59 Å². The third-order valence-corrected chi connectivity index (χ3v) is 3.67. The molecular weight excluding hydrogens is 228 g/mol. The van der Waals surface area contributed by atoms with E-state index in [1.807, 2.05) is 12.1 Å². The molecule has 1 aromatic carbocycles. The van der Waals surface area contributed by atoms with E-state index >= 15 is 0 Å². The first-order valence-electron chi connectivity index (χ1n) is 6.33. The fourth-order valence-corrected chi connectivity index (χ4v) is 2.27. The molecule has 0 aromatic heterocycles. The third-order valence-electron chi connectivity index (χ3n) is 3.67. The summed E-state index contributed by atoms with van der Waals surface area (Å²) in [7, 11) is 1.76. The zero-order valence-corrected chi connectivity index (χ0v) is 10.4. The van der Waals surface area contributed by atoms with Crippen LogP contribution in [0.1, 0.15) is 28.8 Å². The zero-order valence-electron chi connectivity index (χ0n) is 10.4. The van der Waals surface area contributed by atoms with Crippen LogP contribution in [0.5, 0.6) is 0 Å². The van der Waals surface area contributed by atoms with Crippen LogP contribution in [0.4, 0.5) is 5.69 Å². The van der Waals surface area contributed by atoms with Crippen LogP contribution in [-0.4, -0.2) is 25.4 Å². The van der Waals surface area contributed by atoms with Crippen molar-refractivity contribution in [2.24, 2.45) is 5.92 Å². The maximum Gasteiger partial charge on any atom is 0.251 e. The lowest BCUT2D eigenvalue weighted by atomic mass is 10.1. The monoisotopic (exact) mass is 244 g/mol. The van der Waals surface area contributed by atoms with Gasteiger partial charge in [-0.05, 0) is 42.5 Å². The normalized spacial score (nSPS) is 17.8. The van der Waals surface area contributed by atoms with Gasteiger partial charge in [0.25, 0.3) is 5.91 Å². The summed E-state index contributed by atoms with van der Waals surface area (Å²) in [5.74, 6) is 0.725. The van der Waals surface area contributed by atoms with E-state index in [4.69, 9.17) is 0 Å². The number of nitrogens with one attached hydrogen (secondary N) is 1. The Morgan fingerprint density at radius 1 is 1.44 bits per heavy atom. The second-order valence-electron chi connectivity index (χ2n) is 5.13. The Bertz CT molecular complexity index is 521. The van der Waals surface area contributed by atoms with Crippen molar-refractivity contribution in [2.75, 3.05) is 18.5 Å². The number of likely N-dealkylation sites (N-methyl/N-ethyl adjacent to an activating group) is 1. The van der Waals surface area contributed by atoms with Gasteiger partial charge in [0, 0.05) is 24.8 Å². The summed E-state index contributed by atoms with van der Waals surface area (Å²) in [4.78, 5) is 25.1. The highest BCUT2D eigenvalue weighted by molar-refractivity contribution is 6.03. The van der Waals surface area contributed by atoms with Crippen LogP contribution < -0.4 is 10.2 Å². The summed E-state index contributed by atoms with van der Waals surface area (Å²) >= 11 is 0. The molecule has 94 valence electrons. The smallest absolute Gasteiger partial charge is 0.251 e. The van der Waals surface area contributed by atoms with Gasteiger partial charge in [-0.3, -0.25) is 9.59 Å². The van der Waals surface area contributed by atoms with Crippen molar-refractivity contribution in [3.63, 3.8) is 0 Å². The van der Waals surface area contributed by atoms with Gasteiger partial charge in [0.2, 0.25) is 5.91 Å². The van der Waals surface area contributed by atoms with Gasteiger partial charge in [-0.1, -0.05) is 0 Å². The van der Waals surface area contributed by atoms with E-state index in [1.165, 1.54) is 12.8 Å². The largest absolute Gasteiger partial charge is 0.352 e. The molecule has 0 unspecified atom stereocenters. The molecule has 0 radical (unpaired) electrons. The van der Waals surface area contributed by atoms with Crippen molar-refractivity contribution >= 4 is 17.5 Å². The SMILES string of the molecule is CN1C(=O)Cc2cc(C(=O)NCC3CC3)ccc21. The van der Waals surface area contributed by atoms with Gasteiger partial charge in [-0.25, -0.2) is 0 Å². The van der Waals surface area contributed by atoms with E-state index in [9.17, 15) is 9.59 Å². The molecule has 0 saturated heterocycles. The fourth-order valence-electron chi connectivity index (χ4n) is 2.27. The molecule has 0 bridgehead atoms. The number of fused-ring (bicyclic) bond motifs is 1. The molecule has 4 heteroatoms. The lowest BCUT2D eigenvalue weighted by Crippen LogP contribution is -2.25. The molecule has 1 aliphatic heterocycles. The van der Waals surface area contributed by atoms with Crippen LogP contribution >= 0.6 is 0 Å². The average molecular weight is 244 g/mol. The van der Waals surface area contributed by atoms with Crippen molar-refractivity contribution in [1.82, 2.24) is 5.32 Å². The van der Waals surface area contributed by atoms with Gasteiger partial charge in [-0.15, -0.1) is 0 Å². The molecule has 18 heavy (non-hydrogen) atoms. The Morgan fingerprint density at radius 2 is 2.22 bits per heavy atom. The molecule has 0 atom stereocenters. The predicted molar refractivity (Wildman–Crippen MR) is 68.6 cm³/mol. The Morgan fingerprint density at radius 3 is 2.94 bits per heavy atom. The molecule has 4 nitrogen and oxygen atoms in total. The highest BCUT2D eigenvalue weighted by Gasteiger charge is 2.25. The van der Waals surface area contributed by atoms with Crippen molar-refractivity contribution in [3.05, 3.63) is 29.3 Å². The topological polar surface area (TPSA) is 49.4 Å².